The first-order valence-corrected chi connectivity index (χ1v) is 5.92. The minimum Gasteiger partial charge on any atom is -0.508 e. The maximum absolute atomic E-state index is 9.35. The van der Waals surface area contributed by atoms with Crippen molar-refractivity contribution in [2.75, 3.05) is 5.73 Å². The number of nitrogens with zero attached hydrogens (tertiary/aromatic N) is 1. The zero-order valence-corrected chi connectivity index (χ0v) is 10.2. The SMILES string of the molecule is Nc1cnccc1-c1cc[nH]c1-c1ccc(O)cc1. The normalized spacial score (nSPS) is 10.5. The number of pyridine rings is 1. The number of hydrogen-bond acceptors (Lipinski definition) is 3. The van der Waals surface area contributed by atoms with E-state index in [9.17, 15) is 5.11 Å². The minimum absolute atomic E-state index is 0.250. The van der Waals surface area contributed by atoms with Gasteiger partial charge in [-0.2, -0.15) is 0 Å². The molecule has 0 unspecified atom stereocenters. The zero-order chi connectivity index (χ0) is 13.2. The molecule has 1 aromatic carbocycles. The Hall–Kier alpha value is -2.75. The Morgan fingerprint density at radius 2 is 1.79 bits per heavy atom. The summed E-state index contributed by atoms with van der Waals surface area (Å²) in [5, 5.41) is 9.35. The van der Waals surface area contributed by atoms with E-state index in [0.29, 0.717) is 5.69 Å². The van der Waals surface area contributed by atoms with Crippen molar-refractivity contribution in [2.45, 2.75) is 0 Å². The molecule has 19 heavy (non-hydrogen) atoms. The molecule has 0 radical (unpaired) electrons. The van der Waals surface area contributed by atoms with Gasteiger partial charge in [-0.05, 0) is 42.0 Å². The Morgan fingerprint density at radius 3 is 2.53 bits per heavy atom. The summed E-state index contributed by atoms with van der Waals surface area (Å²) in [7, 11) is 0. The number of hydrogen-bond donors (Lipinski definition) is 3. The quantitative estimate of drug-likeness (QED) is 0.655. The number of phenolic OH excluding ortho intramolecular Hbond substituents is 1. The van der Waals surface area contributed by atoms with E-state index >= 15 is 0 Å². The van der Waals surface area contributed by atoms with Crippen LogP contribution < -0.4 is 5.73 Å². The lowest BCUT2D eigenvalue weighted by molar-refractivity contribution is 0.475. The van der Waals surface area contributed by atoms with Crippen molar-refractivity contribution in [3.05, 3.63) is 55.0 Å². The highest BCUT2D eigenvalue weighted by atomic mass is 16.3. The second kappa shape index (κ2) is 4.49. The first-order chi connectivity index (χ1) is 9.25. The molecule has 4 N–H and O–H groups in total. The van der Waals surface area contributed by atoms with E-state index in [4.69, 9.17) is 5.73 Å². The Labute approximate surface area is 110 Å². The molecular weight excluding hydrogens is 238 g/mol. The van der Waals surface area contributed by atoms with Crippen LogP contribution in [0.1, 0.15) is 0 Å². The second-order valence-electron chi connectivity index (χ2n) is 4.28. The third kappa shape index (κ3) is 2.04. The van der Waals surface area contributed by atoms with Gasteiger partial charge >= 0.3 is 0 Å². The molecule has 0 saturated heterocycles. The molecular formula is C15H13N3O. The van der Waals surface area contributed by atoms with Crippen LogP contribution in [0.25, 0.3) is 22.4 Å². The summed E-state index contributed by atoms with van der Waals surface area (Å²) in [6.45, 7) is 0. The average Bonchev–Trinajstić information content (AvgIpc) is 2.89. The number of nitrogens with two attached hydrogens (primary N) is 1. The van der Waals surface area contributed by atoms with E-state index in [0.717, 1.165) is 22.4 Å². The molecule has 94 valence electrons. The number of nitrogen functional groups attached to an aromatic ring is 1. The lowest BCUT2D eigenvalue weighted by Crippen LogP contribution is -1.91. The molecule has 0 spiro atoms. The van der Waals surface area contributed by atoms with Crippen molar-refractivity contribution >= 4 is 5.69 Å². The first kappa shape index (κ1) is 11.3. The molecule has 0 atom stereocenters. The van der Waals surface area contributed by atoms with Crippen molar-refractivity contribution in [3.63, 3.8) is 0 Å². The van der Waals surface area contributed by atoms with Gasteiger partial charge in [0, 0.05) is 23.5 Å². The number of anilines is 1. The number of aromatic nitrogens is 2. The fraction of sp³-hybridized carbons (Fsp3) is 0. The van der Waals surface area contributed by atoms with Gasteiger partial charge in [0.25, 0.3) is 0 Å². The standard InChI is InChI=1S/C15H13N3O/c16-14-9-17-7-5-12(14)13-6-8-18-15(13)10-1-3-11(19)4-2-10/h1-9,18-19H,16H2. The van der Waals surface area contributed by atoms with Crippen LogP contribution in [-0.4, -0.2) is 15.1 Å². The van der Waals surface area contributed by atoms with Gasteiger partial charge in [-0.15, -0.1) is 0 Å². The molecule has 0 fully saturated rings. The molecule has 3 aromatic rings. The highest BCUT2D eigenvalue weighted by molar-refractivity contribution is 5.86. The fourth-order valence-corrected chi connectivity index (χ4v) is 2.11. The van der Waals surface area contributed by atoms with Gasteiger partial charge in [0.1, 0.15) is 5.75 Å². The Kier molecular flexibility index (Phi) is 2.68. The molecule has 4 nitrogen and oxygen atoms in total. The minimum atomic E-state index is 0.250. The van der Waals surface area contributed by atoms with Crippen molar-refractivity contribution in [1.29, 1.82) is 0 Å². The largest absolute Gasteiger partial charge is 0.508 e. The van der Waals surface area contributed by atoms with Gasteiger partial charge in [0.15, 0.2) is 0 Å². The second-order valence-corrected chi connectivity index (χ2v) is 4.28. The predicted molar refractivity (Wildman–Crippen MR) is 75.5 cm³/mol. The molecule has 0 bridgehead atoms. The summed E-state index contributed by atoms with van der Waals surface area (Å²) in [5.41, 5.74) is 10.5. The molecule has 0 saturated carbocycles. The maximum Gasteiger partial charge on any atom is 0.115 e. The highest BCUT2D eigenvalue weighted by Crippen LogP contribution is 2.34. The van der Waals surface area contributed by atoms with Gasteiger partial charge in [0.2, 0.25) is 0 Å². The number of H-pyrrole nitrogens is 1. The summed E-state index contributed by atoms with van der Waals surface area (Å²) >= 11 is 0. The highest BCUT2D eigenvalue weighted by Gasteiger charge is 2.10. The number of phenols is 1. The van der Waals surface area contributed by atoms with Gasteiger partial charge < -0.3 is 15.8 Å². The van der Waals surface area contributed by atoms with Crippen molar-refractivity contribution in [2.24, 2.45) is 0 Å². The molecule has 0 amide bonds. The van der Waals surface area contributed by atoms with Gasteiger partial charge in [-0.1, -0.05) is 0 Å². The number of aromatic hydroxyl groups is 1. The summed E-state index contributed by atoms with van der Waals surface area (Å²) in [4.78, 5) is 7.21. The Morgan fingerprint density at radius 1 is 1.00 bits per heavy atom. The fourth-order valence-electron chi connectivity index (χ4n) is 2.11. The number of nitrogens with one attached hydrogen (secondary N) is 1. The molecule has 3 rings (SSSR count). The summed E-state index contributed by atoms with van der Waals surface area (Å²) in [6, 6.07) is 10.9. The average molecular weight is 251 g/mol. The van der Waals surface area contributed by atoms with E-state index in [1.54, 1.807) is 24.5 Å². The third-order valence-electron chi connectivity index (χ3n) is 3.05. The van der Waals surface area contributed by atoms with Crippen LogP contribution in [0.5, 0.6) is 5.75 Å². The lowest BCUT2D eigenvalue weighted by Gasteiger charge is -2.07. The monoisotopic (exact) mass is 251 g/mol. The van der Waals surface area contributed by atoms with Crippen LogP contribution in [0.15, 0.2) is 55.0 Å². The third-order valence-corrected chi connectivity index (χ3v) is 3.05. The Balaban J connectivity index is 2.13. The summed E-state index contributed by atoms with van der Waals surface area (Å²) < 4.78 is 0. The van der Waals surface area contributed by atoms with Crippen LogP contribution in [0.3, 0.4) is 0 Å². The predicted octanol–water partition coefficient (Wildman–Crippen LogP) is 3.03. The van der Waals surface area contributed by atoms with Gasteiger partial charge in [-0.3, -0.25) is 4.98 Å². The van der Waals surface area contributed by atoms with Crippen molar-refractivity contribution in [1.82, 2.24) is 9.97 Å². The van der Waals surface area contributed by atoms with Crippen LogP contribution in [0.2, 0.25) is 0 Å². The first-order valence-electron chi connectivity index (χ1n) is 5.92. The molecule has 2 heterocycles. The van der Waals surface area contributed by atoms with E-state index in [1.807, 2.05) is 30.5 Å². The smallest absolute Gasteiger partial charge is 0.115 e. The lowest BCUT2D eigenvalue weighted by atomic mass is 10.0. The van der Waals surface area contributed by atoms with Crippen LogP contribution in [0.4, 0.5) is 5.69 Å². The molecule has 0 aliphatic carbocycles. The van der Waals surface area contributed by atoms with Crippen LogP contribution in [-0.2, 0) is 0 Å². The maximum atomic E-state index is 9.35. The van der Waals surface area contributed by atoms with E-state index in [2.05, 4.69) is 9.97 Å². The van der Waals surface area contributed by atoms with E-state index in [1.165, 1.54) is 0 Å². The van der Waals surface area contributed by atoms with Crippen molar-refractivity contribution in [3.8, 4) is 28.1 Å². The zero-order valence-electron chi connectivity index (χ0n) is 10.2. The molecule has 2 aromatic heterocycles. The topological polar surface area (TPSA) is 74.9 Å². The van der Waals surface area contributed by atoms with E-state index in [-0.39, 0.29) is 5.75 Å². The van der Waals surface area contributed by atoms with E-state index < -0.39 is 0 Å². The summed E-state index contributed by atoms with van der Waals surface area (Å²) in [5.74, 6) is 0.250. The molecule has 0 aliphatic rings. The van der Waals surface area contributed by atoms with Crippen LogP contribution >= 0.6 is 0 Å². The summed E-state index contributed by atoms with van der Waals surface area (Å²) in [6.07, 6.45) is 5.24. The number of benzene rings is 1. The van der Waals surface area contributed by atoms with Gasteiger partial charge in [-0.25, -0.2) is 0 Å². The Bertz CT molecular complexity index is 701. The molecule has 4 heteroatoms. The molecule has 0 aliphatic heterocycles. The number of rotatable bonds is 2. The van der Waals surface area contributed by atoms with Gasteiger partial charge in [0.05, 0.1) is 17.6 Å². The van der Waals surface area contributed by atoms with Crippen molar-refractivity contribution < 1.29 is 5.11 Å². The van der Waals surface area contributed by atoms with Crippen LogP contribution in [0, 0.1) is 0 Å². The number of aromatic amines is 1.